The predicted molar refractivity (Wildman–Crippen MR) is 80.3 cm³/mol. The van der Waals surface area contributed by atoms with Crippen molar-refractivity contribution in [3.05, 3.63) is 51.7 Å². The molecule has 2 aromatic rings. The smallest absolute Gasteiger partial charge is 0.254 e. The normalized spacial score (nSPS) is 11.4. The summed E-state index contributed by atoms with van der Waals surface area (Å²) in [5.41, 5.74) is 5.73. The molecule has 0 radical (unpaired) electrons. The Hall–Kier alpha value is -2.23. The molecule has 0 fully saturated rings. The molecule has 108 valence electrons. The highest BCUT2D eigenvalue weighted by Gasteiger charge is 2.16. The second-order valence-electron chi connectivity index (χ2n) is 4.27. The van der Waals surface area contributed by atoms with Crippen molar-refractivity contribution in [3.8, 4) is 11.8 Å². The van der Waals surface area contributed by atoms with Crippen molar-refractivity contribution in [2.75, 3.05) is 6.54 Å². The fourth-order valence-corrected chi connectivity index (χ4v) is 2.36. The molecule has 1 heterocycles. The van der Waals surface area contributed by atoms with Crippen molar-refractivity contribution in [2.24, 2.45) is 5.73 Å². The Kier molecular flexibility index (Phi) is 5.04. The van der Waals surface area contributed by atoms with E-state index in [0.717, 1.165) is 5.01 Å². The molecule has 1 unspecified atom stereocenters. The number of carbonyl (C=O) groups is 1. The summed E-state index contributed by atoms with van der Waals surface area (Å²) in [5, 5.41) is 5.31. The molecule has 0 aliphatic rings. The number of hydrogen-bond acceptors (Lipinski definition) is 4. The fraction of sp³-hybridized carbons (Fsp3) is 0.200. The van der Waals surface area contributed by atoms with Crippen molar-refractivity contribution in [3.63, 3.8) is 0 Å². The van der Waals surface area contributed by atoms with Crippen LogP contribution < -0.4 is 11.1 Å². The highest BCUT2D eigenvalue weighted by Crippen LogP contribution is 2.16. The van der Waals surface area contributed by atoms with Crippen LogP contribution in [0.15, 0.2) is 29.8 Å². The van der Waals surface area contributed by atoms with Gasteiger partial charge in [0.25, 0.3) is 5.91 Å². The topological polar surface area (TPSA) is 68.0 Å². The lowest BCUT2D eigenvalue weighted by molar-refractivity contribution is 0.0936. The first-order valence-corrected chi connectivity index (χ1v) is 7.18. The number of rotatable bonds is 3. The van der Waals surface area contributed by atoms with Gasteiger partial charge in [-0.3, -0.25) is 4.79 Å². The van der Waals surface area contributed by atoms with Crippen LogP contribution in [0.5, 0.6) is 0 Å². The van der Waals surface area contributed by atoms with E-state index in [0.29, 0.717) is 5.56 Å². The van der Waals surface area contributed by atoms with Gasteiger partial charge in [-0.05, 0) is 25.1 Å². The molecular formula is C15H14FN3OS. The number of carbonyl (C=O) groups excluding carboxylic acids is 1. The van der Waals surface area contributed by atoms with E-state index in [4.69, 9.17) is 5.73 Å². The zero-order chi connectivity index (χ0) is 15.2. The summed E-state index contributed by atoms with van der Waals surface area (Å²) in [5.74, 6) is 4.27. The molecule has 1 aromatic carbocycles. The summed E-state index contributed by atoms with van der Waals surface area (Å²) in [6, 6.07) is 3.97. The van der Waals surface area contributed by atoms with Crippen molar-refractivity contribution in [1.82, 2.24) is 10.3 Å². The molecule has 0 bridgehead atoms. The van der Waals surface area contributed by atoms with Crippen molar-refractivity contribution in [2.45, 2.75) is 13.0 Å². The Morgan fingerprint density at radius 2 is 2.38 bits per heavy atom. The number of nitrogens with two attached hydrogens (primary N) is 1. The molecule has 0 aliphatic heterocycles. The minimum atomic E-state index is -0.609. The highest BCUT2D eigenvalue weighted by atomic mass is 32.1. The molecule has 0 saturated carbocycles. The van der Waals surface area contributed by atoms with Crippen LogP contribution in [0.4, 0.5) is 4.39 Å². The van der Waals surface area contributed by atoms with E-state index in [9.17, 15) is 9.18 Å². The number of nitrogens with one attached hydrogen (secondary N) is 1. The summed E-state index contributed by atoms with van der Waals surface area (Å²) < 4.78 is 13.9. The molecular weight excluding hydrogens is 289 g/mol. The molecule has 21 heavy (non-hydrogen) atoms. The maximum absolute atomic E-state index is 13.9. The van der Waals surface area contributed by atoms with Crippen LogP contribution in [0.3, 0.4) is 0 Å². The summed E-state index contributed by atoms with van der Waals surface area (Å²) in [4.78, 5) is 16.2. The molecule has 0 aliphatic carbocycles. The van der Waals surface area contributed by atoms with Gasteiger partial charge in [0.2, 0.25) is 0 Å². The van der Waals surface area contributed by atoms with Gasteiger partial charge in [-0.15, -0.1) is 11.3 Å². The number of thiazole rings is 1. The average Bonchev–Trinajstić information content (AvgIpc) is 2.99. The standard InChI is InChI=1S/C15H14FN3OS/c1-10(15-18-7-8-21-15)19-14(20)12-5-4-11(3-2-6-17)9-13(12)16/h4-5,7-10H,6,17H2,1H3,(H,19,20). The predicted octanol–water partition coefficient (Wildman–Crippen LogP) is 2.08. The lowest BCUT2D eigenvalue weighted by atomic mass is 10.1. The van der Waals surface area contributed by atoms with Crippen LogP contribution in [-0.2, 0) is 0 Å². The number of hydrogen-bond donors (Lipinski definition) is 2. The van der Waals surface area contributed by atoms with E-state index < -0.39 is 11.7 Å². The Balaban J connectivity index is 2.12. The lowest BCUT2D eigenvalue weighted by Gasteiger charge is -2.11. The second-order valence-corrected chi connectivity index (χ2v) is 5.19. The van der Waals surface area contributed by atoms with Crippen LogP contribution in [-0.4, -0.2) is 17.4 Å². The molecule has 6 heteroatoms. The largest absolute Gasteiger partial charge is 0.343 e. The number of benzene rings is 1. The quantitative estimate of drug-likeness (QED) is 0.853. The van der Waals surface area contributed by atoms with Gasteiger partial charge in [0.15, 0.2) is 0 Å². The Morgan fingerprint density at radius 1 is 1.57 bits per heavy atom. The fourth-order valence-electron chi connectivity index (χ4n) is 1.71. The van der Waals surface area contributed by atoms with Crippen LogP contribution in [0.25, 0.3) is 0 Å². The summed E-state index contributed by atoms with van der Waals surface area (Å²) >= 11 is 1.43. The first-order valence-electron chi connectivity index (χ1n) is 6.30. The summed E-state index contributed by atoms with van der Waals surface area (Å²) in [6.45, 7) is 2.00. The Bertz CT molecular complexity index is 689. The van der Waals surface area contributed by atoms with Crippen molar-refractivity contribution < 1.29 is 9.18 Å². The lowest BCUT2D eigenvalue weighted by Crippen LogP contribution is -2.27. The third-order valence-electron chi connectivity index (χ3n) is 2.72. The van der Waals surface area contributed by atoms with Crippen molar-refractivity contribution in [1.29, 1.82) is 0 Å². The number of halogens is 1. The summed E-state index contributed by atoms with van der Waals surface area (Å²) in [6.07, 6.45) is 1.66. The molecule has 3 N–H and O–H groups in total. The van der Waals surface area contributed by atoms with Gasteiger partial charge in [-0.1, -0.05) is 11.8 Å². The van der Waals surface area contributed by atoms with E-state index >= 15 is 0 Å². The Labute approximate surface area is 126 Å². The van der Waals surface area contributed by atoms with E-state index in [1.54, 1.807) is 19.2 Å². The van der Waals surface area contributed by atoms with Crippen LogP contribution >= 0.6 is 11.3 Å². The first kappa shape index (κ1) is 15.2. The first-order chi connectivity index (χ1) is 10.1. The monoisotopic (exact) mass is 303 g/mol. The SMILES string of the molecule is CC(NC(=O)c1ccc(C#CCN)cc1F)c1nccs1. The van der Waals surface area contributed by atoms with E-state index in [1.165, 1.54) is 23.5 Å². The number of aromatic nitrogens is 1. The van der Waals surface area contributed by atoms with Gasteiger partial charge in [-0.2, -0.15) is 0 Å². The van der Waals surface area contributed by atoms with Crippen LogP contribution in [0, 0.1) is 17.7 Å². The third kappa shape index (κ3) is 3.88. The molecule has 1 atom stereocenters. The van der Waals surface area contributed by atoms with Crippen LogP contribution in [0.1, 0.15) is 33.9 Å². The van der Waals surface area contributed by atoms with Crippen molar-refractivity contribution >= 4 is 17.2 Å². The molecule has 4 nitrogen and oxygen atoms in total. The molecule has 2 rings (SSSR count). The number of amides is 1. The molecule has 0 saturated heterocycles. The van der Waals surface area contributed by atoms with E-state index in [2.05, 4.69) is 22.1 Å². The average molecular weight is 303 g/mol. The van der Waals surface area contributed by atoms with Gasteiger partial charge in [0.05, 0.1) is 18.2 Å². The number of nitrogens with zero attached hydrogens (tertiary/aromatic N) is 1. The maximum Gasteiger partial charge on any atom is 0.254 e. The van der Waals surface area contributed by atoms with E-state index in [-0.39, 0.29) is 18.2 Å². The second kappa shape index (κ2) is 6.97. The van der Waals surface area contributed by atoms with E-state index in [1.807, 2.05) is 5.38 Å². The molecule has 1 amide bonds. The van der Waals surface area contributed by atoms with Gasteiger partial charge in [-0.25, -0.2) is 9.37 Å². The van der Waals surface area contributed by atoms with Crippen LogP contribution in [0.2, 0.25) is 0 Å². The van der Waals surface area contributed by atoms with Gasteiger partial charge in [0.1, 0.15) is 10.8 Å². The minimum Gasteiger partial charge on any atom is -0.343 e. The molecule has 0 spiro atoms. The van der Waals surface area contributed by atoms with Gasteiger partial charge in [0, 0.05) is 17.1 Å². The maximum atomic E-state index is 13.9. The zero-order valence-corrected chi connectivity index (χ0v) is 12.2. The molecule has 1 aromatic heterocycles. The van der Waals surface area contributed by atoms with Gasteiger partial charge >= 0.3 is 0 Å². The Morgan fingerprint density at radius 3 is 3.00 bits per heavy atom. The highest BCUT2D eigenvalue weighted by molar-refractivity contribution is 7.09. The third-order valence-corrected chi connectivity index (χ3v) is 3.68. The zero-order valence-electron chi connectivity index (χ0n) is 11.4. The van der Waals surface area contributed by atoms with Gasteiger partial charge < -0.3 is 11.1 Å². The summed E-state index contributed by atoms with van der Waals surface area (Å²) in [7, 11) is 0. The minimum absolute atomic E-state index is 0.0169.